The summed E-state index contributed by atoms with van der Waals surface area (Å²) in [7, 11) is 0. The summed E-state index contributed by atoms with van der Waals surface area (Å²) in [4.78, 5) is 15.5. The molecule has 0 radical (unpaired) electrons. The Morgan fingerprint density at radius 2 is 2.18 bits per heavy atom. The van der Waals surface area contributed by atoms with Gasteiger partial charge in [0.2, 0.25) is 5.88 Å². The number of benzene rings is 1. The highest BCUT2D eigenvalue weighted by Crippen LogP contribution is 2.27. The number of furan rings is 1. The molecule has 0 aliphatic carbocycles. The lowest BCUT2D eigenvalue weighted by Crippen LogP contribution is -2.01. The zero-order chi connectivity index (χ0) is 19.7. The van der Waals surface area contributed by atoms with E-state index in [1.54, 1.807) is 16.8 Å². The van der Waals surface area contributed by atoms with Crippen molar-refractivity contribution in [2.24, 2.45) is 4.99 Å². The number of aliphatic carboxylic acids is 1. The lowest BCUT2D eigenvalue weighted by molar-refractivity contribution is -0.137. The van der Waals surface area contributed by atoms with Crippen LogP contribution in [0.2, 0.25) is 0 Å². The van der Waals surface area contributed by atoms with E-state index in [1.165, 1.54) is 11.3 Å². The Labute approximate surface area is 168 Å². The molecule has 0 saturated heterocycles. The Morgan fingerprint density at radius 3 is 3.00 bits per heavy atom. The maximum absolute atomic E-state index is 10.7. The molecule has 0 bridgehead atoms. The van der Waals surface area contributed by atoms with Gasteiger partial charge in [-0.15, -0.1) is 11.3 Å². The monoisotopic (exact) mass is 412 g/mol. The van der Waals surface area contributed by atoms with Crippen LogP contribution in [0.3, 0.4) is 0 Å². The summed E-state index contributed by atoms with van der Waals surface area (Å²) in [6.07, 6.45) is 5.88. The maximum atomic E-state index is 10.7. The van der Waals surface area contributed by atoms with Gasteiger partial charge < -0.3 is 14.6 Å². The van der Waals surface area contributed by atoms with Gasteiger partial charge in [0.25, 0.3) is 0 Å². The molecule has 0 amide bonds. The third-order valence-corrected chi connectivity index (χ3v) is 5.73. The highest BCUT2D eigenvalue weighted by atomic mass is 32.1. The van der Waals surface area contributed by atoms with E-state index in [1.807, 2.05) is 36.4 Å². The number of hydrogen-bond donors (Lipinski definition) is 2. The van der Waals surface area contributed by atoms with Crippen LogP contribution in [-0.4, -0.2) is 20.7 Å². The van der Waals surface area contributed by atoms with Crippen molar-refractivity contribution >= 4 is 41.7 Å². The SMILES string of the molecule is O=C(O)CCCn1c(O)c(/C=c2/cc/c(=c3/ccc4c(c3)C=CN=4)o2)sc1=S. The number of thiazole rings is 1. The fourth-order valence-corrected chi connectivity index (χ4v) is 4.27. The fourth-order valence-electron chi connectivity index (χ4n) is 2.97. The van der Waals surface area contributed by atoms with Crippen molar-refractivity contribution in [2.45, 2.75) is 19.4 Å². The van der Waals surface area contributed by atoms with Crippen LogP contribution >= 0.6 is 23.6 Å². The average Bonchev–Trinajstić information content (AvgIpc) is 3.37. The number of aromatic hydroxyl groups is 1. The number of fused-ring (bicyclic) bond motifs is 1. The van der Waals surface area contributed by atoms with Crippen molar-refractivity contribution in [3.8, 4) is 5.88 Å². The summed E-state index contributed by atoms with van der Waals surface area (Å²) >= 11 is 6.55. The molecular formula is C20H16N2O4S2. The van der Waals surface area contributed by atoms with Crippen LogP contribution in [0, 0.1) is 14.6 Å². The minimum atomic E-state index is -0.869. The zero-order valence-electron chi connectivity index (χ0n) is 14.7. The molecule has 0 spiro atoms. The second-order valence-electron chi connectivity index (χ2n) is 6.27. The van der Waals surface area contributed by atoms with Crippen molar-refractivity contribution in [2.75, 3.05) is 0 Å². The van der Waals surface area contributed by atoms with Gasteiger partial charge in [-0.2, -0.15) is 0 Å². The summed E-state index contributed by atoms with van der Waals surface area (Å²) in [5.41, 5.74) is 2.37. The predicted molar refractivity (Wildman–Crippen MR) is 108 cm³/mol. The van der Waals surface area contributed by atoms with Gasteiger partial charge in [0.05, 0.1) is 10.2 Å². The molecule has 4 rings (SSSR count). The molecule has 1 aromatic carbocycles. The second kappa shape index (κ2) is 7.57. The zero-order valence-corrected chi connectivity index (χ0v) is 16.3. The van der Waals surface area contributed by atoms with Gasteiger partial charge in [0.1, 0.15) is 10.8 Å². The number of nitrogens with zero attached hydrogens (tertiary/aromatic N) is 2. The molecule has 1 aliphatic heterocycles. The lowest BCUT2D eigenvalue weighted by Gasteiger charge is -2.02. The quantitative estimate of drug-likeness (QED) is 0.629. The first kappa shape index (κ1) is 18.4. The standard InChI is InChI=1S/C20H16N2O4S2/c23-18(24)2-1-9-22-19(25)17(28-20(22)27)11-14-4-6-16(26-14)13-3-5-15-12(10-13)7-8-21-15/h3-8,10-11,25H,1-2,9H2,(H,23,24)/b14-11-,16-13+. The van der Waals surface area contributed by atoms with Gasteiger partial charge in [0, 0.05) is 36.0 Å². The summed E-state index contributed by atoms with van der Waals surface area (Å²) < 4.78 is 7.96. The normalized spacial score (nSPS) is 14.2. The molecule has 3 aromatic rings. The molecular weight excluding hydrogens is 396 g/mol. The van der Waals surface area contributed by atoms with E-state index in [0.717, 1.165) is 21.6 Å². The highest BCUT2D eigenvalue weighted by molar-refractivity contribution is 7.73. The van der Waals surface area contributed by atoms with Crippen LogP contribution in [0.5, 0.6) is 5.88 Å². The van der Waals surface area contributed by atoms with Crippen LogP contribution < -0.4 is 10.8 Å². The van der Waals surface area contributed by atoms with Crippen LogP contribution in [-0.2, 0) is 11.3 Å². The lowest BCUT2D eigenvalue weighted by atomic mass is 10.2. The molecule has 1 aliphatic rings. The molecule has 0 fully saturated rings. The molecule has 28 heavy (non-hydrogen) atoms. The molecule has 0 atom stereocenters. The van der Waals surface area contributed by atoms with Crippen LogP contribution in [0.4, 0.5) is 0 Å². The Kier molecular flexibility index (Phi) is 4.97. The van der Waals surface area contributed by atoms with Gasteiger partial charge in [-0.1, -0.05) is 0 Å². The minimum Gasteiger partial charge on any atom is -0.493 e. The third-order valence-electron chi connectivity index (χ3n) is 4.35. The minimum absolute atomic E-state index is 0.0287. The number of rotatable bonds is 5. The number of carboxylic acids is 1. The summed E-state index contributed by atoms with van der Waals surface area (Å²) in [5, 5.41) is 21.1. The number of carboxylic acid groups (broad SMARTS) is 1. The topological polar surface area (TPSA) is 88.0 Å². The molecule has 0 unspecified atom stereocenters. The van der Waals surface area contributed by atoms with E-state index in [0.29, 0.717) is 27.2 Å². The van der Waals surface area contributed by atoms with E-state index in [-0.39, 0.29) is 12.3 Å². The fraction of sp³-hybridized carbons (Fsp3) is 0.150. The molecule has 2 aromatic heterocycles. The van der Waals surface area contributed by atoms with Gasteiger partial charge in [-0.05, 0) is 55.0 Å². The van der Waals surface area contributed by atoms with Crippen molar-refractivity contribution in [3.05, 3.63) is 72.3 Å². The first-order chi connectivity index (χ1) is 13.5. The van der Waals surface area contributed by atoms with Crippen LogP contribution in [0.25, 0.3) is 12.2 Å². The Hall–Kier alpha value is -2.97. The van der Waals surface area contributed by atoms with Crippen molar-refractivity contribution in [3.63, 3.8) is 0 Å². The molecule has 142 valence electrons. The van der Waals surface area contributed by atoms with E-state index in [9.17, 15) is 9.90 Å². The number of aromatic nitrogens is 1. The summed E-state index contributed by atoms with van der Waals surface area (Å²) in [6, 6.07) is 9.64. The molecule has 6 nitrogen and oxygen atoms in total. The van der Waals surface area contributed by atoms with E-state index >= 15 is 0 Å². The molecule has 2 N–H and O–H groups in total. The van der Waals surface area contributed by atoms with Gasteiger partial charge in [-0.25, -0.2) is 0 Å². The third kappa shape index (κ3) is 3.69. The number of hydrogen-bond acceptors (Lipinski definition) is 6. The smallest absolute Gasteiger partial charge is 0.303 e. The Balaban J connectivity index is 1.69. The first-order valence-electron chi connectivity index (χ1n) is 8.62. The van der Waals surface area contributed by atoms with Gasteiger partial charge in [-0.3, -0.25) is 14.4 Å². The number of carbonyl (C=O) groups is 1. The molecule has 8 heteroatoms. The predicted octanol–water partition coefficient (Wildman–Crippen LogP) is 3.16. The highest BCUT2D eigenvalue weighted by Gasteiger charge is 2.10. The Bertz CT molecular complexity index is 1360. The molecule has 3 heterocycles. The van der Waals surface area contributed by atoms with Crippen molar-refractivity contribution in [1.82, 2.24) is 4.57 Å². The molecule has 0 saturated carbocycles. The van der Waals surface area contributed by atoms with Gasteiger partial charge >= 0.3 is 5.97 Å². The largest absolute Gasteiger partial charge is 0.493 e. The summed E-state index contributed by atoms with van der Waals surface area (Å²) in [5.74, 6) is -0.838. The van der Waals surface area contributed by atoms with Gasteiger partial charge in [0.15, 0.2) is 3.95 Å². The Morgan fingerprint density at radius 1 is 1.32 bits per heavy atom. The van der Waals surface area contributed by atoms with Crippen LogP contribution in [0.1, 0.15) is 23.3 Å². The van der Waals surface area contributed by atoms with Crippen molar-refractivity contribution in [1.29, 1.82) is 0 Å². The van der Waals surface area contributed by atoms with Crippen LogP contribution in [0.15, 0.2) is 45.9 Å². The summed E-state index contributed by atoms with van der Waals surface area (Å²) in [6.45, 7) is 0.360. The van der Waals surface area contributed by atoms with E-state index in [4.69, 9.17) is 21.7 Å². The average molecular weight is 412 g/mol. The van der Waals surface area contributed by atoms with Crippen molar-refractivity contribution < 1.29 is 19.4 Å². The first-order valence-corrected chi connectivity index (χ1v) is 9.84. The van der Waals surface area contributed by atoms with E-state index < -0.39 is 5.97 Å². The maximum Gasteiger partial charge on any atom is 0.303 e. The van der Waals surface area contributed by atoms with E-state index in [2.05, 4.69) is 4.99 Å². The second-order valence-corrected chi connectivity index (χ2v) is 7.95.